The van der Waals surface area contributed by atoms with Gasteiger partial charge in [-0.15, -0.1) is 0 Å². The second-order valence-corrected chi connectivity index (χ2v) is 6.46. The first-order valence-electron chi connectivity index (χ1n) is 7.76. The number of halogens is 1. The summed E-state index contributed by atoms with van der Waals surface area (Å²) in [7, 11) is 0. The molecule has 0 radical (unpaired) electrons. The van der Waals surface area contributed by atoms with Crippen LogP contribution < -0.4 is 10.6 Å². The number of nitrogens with one attached hydrogen (secondary N) is 2. The topological polar surface area (TPSA) is 66.9 Å². The van der Waals surface area contributed by atoms with E-state index in [1.165, 1.54) is 12.4 Å². The smallest absolute Gasteiger partial charge is 0.258 e. The van der Waals surface area contributed by atoms with Crippen molar-refractivity contribution in [2.45, 2.75) is 13.8 Å². The van der Waals surface area contributed by atoms with E-state index >= 15 is 0 Å². The molecular formula is C19H17BrN4O. The molecule has 0 atom stereocenters. The van der Waals surface area contributed by atoms with Gasteiger partial charge < -0.3 is 10.6 Å². The lowest BCUT2D eigenvalue weighted by molar-refractivity contribution is 0.102. The number of carbonyl (C=O) groups is 1. The summed E-state index contributed by atoms with van der Waals surface area (Å²) in [5.74, 6) is 0.191. The molecule has 1 heterocycles. The molecule has 2 aromatic carbocycles. The van der Waals surface area contributed by atoms with Crippen LogP contribution in [-0.2, 0) is 0 Å². The van der Waals surface area contributed by atoms with Crippen LogP contribution in [0.25, 0.3) is 0 Å². The summed E-state index contributed by atoms with van der Waals surface area (Å²) in [5, 5.41) is 6.00. The van der Waals surface area contributed by atoms with Crippen molar-refractivity contribution in [2.75, 3.05) is 10.6 Å². The van der Waals surface area contributed by atoms with E-state index in [1.807, 2.05) is 56.3 Å². The summed E-state index contributed by atoms with van der Waals surface area (Å²) in [6, 6.07) is 13.5. The first-order chi connectivity index (χ1) is 12.0. The predicted octanol–water partition coefficient (Wildman–Crippen LogP) is 4.85. The normalized spacial score (nSPS) is 10.4. The van der Waals surface area contributed by atoms with Gasteiger partial charge in [0.15, 0.2) is 0 Å². The van der Waals surface area contributed by atoms with E-state index < -0.39 is 0 Å². The fourth-order valence-electron chi connectivity index (χ4n) is 2.27. The minimum Gasteiger partial charge on any atom is -0.323 e. The molecule has 0 fully saturated rings. The van der Waals surface area contributed by atoms with Crippen LogP contribution in [0.4, 0.5) is 17.3 Å². The first kappa shape index (κ1) is 17.1. The van der Waals surface area contributed by atoms with Gasteiger partial charge >= 0.3 is 0 Å². The molecule has 0 aliphatic heterocycles. The van der Waals surface area contributed by atoms with Gasteiger partial charge in [-0.2, -0.15) is 0 Å². The molecule has 0 bridgehead atoms. The Kier molecular flexibility index (Phi) is 5.09. The molecule has 1 amide bonds. The van der Waals surface area contributed by atoms with Crippen LogP contribution >= 0.6 is 15.9 Å². The van der Waals surface area contributed by atoms with Crippen molar-refractivity contribution in [3.8, 4) is 0 Å². The van der Waals surface area contributed by atoms with Crippen molar-refractivity contribution in [2.24, 2.45) is 0 Å². The highest BCUT2D eigenvalue weighted by Gasteiger charge is 2.10. The average Bonchev–Trinajstić information content (AvgIpc) is 2.61. The summed E-state index contributed by atoms with van der Waals surface area (Å²) in [6.07, 6.45) is 3.01. The van der Waals surface area contributed by atoms with Gasteiger partial charge in [0.25, 0.3) is 5.91 Å². The van der Waals surface area contributed by atoms with E-state index in [-0.39, 0.29) is 5.91 Å². The minimum atomic E-state index is -0.235. The summed E-state index contributed by atoms with van der Waals surface area (Å²) in [5.41, 5.74) is 4.22. The molecule has 126 valence electrons. The molecule has 1 aromatic heterocycles. The number of rotatable bonds is 4. The maximum absolute atomic E-state index is 12.4. The van der Waals surface area contributed by atoms with E-state index in [2.05, 4.69) is 36.5 Å². The zero-order valence-electron chi connectivity index (χ0n) is 13.9. The molecule has 0 saturated carbocycles. The van der Waals surface area contributed by atoms with Gasteiger partial charge in [0.05, 0.1) is 11.3 Å². The highest BCUT2D eigenvalue weighted by Crippen LogP contribution is 2.23. The van der Waals surface area contributed by atoms with E-state index in [1.54, 1.807) is 0 Å². The molecule has 5 nitrogen and oxygen atoms in total. The first-order valence-corrected chi connectivity index (χ1v) is 8.55. The third-order valence-electron chi connectivity index (χ3n) is 3.89. The summed E-state index contributed by atoms with van der Waals surface area (Å²) < 4.78 is 0.912. The largest absolute Gasteiger partial charge is 0.323 e. The highest BCUT2D eigenvalue weighted by atomic mass is 79.9. The van der Waals surface area contributed by atoms with Gasteiger partial charge in [0.2, 0.25) is 5.95 Å². The number of hydrogen-bond acceptors (Lipinski definition) is 4. The highest BCUT2D eigenvalue weighted by molar-refractivity contribution is 9.10. The monoisotopic (exact) mass is 396 g/mol. The minimum absolute atomic E-state index is 0.235. The number of benzene rings is 2. The predicted molar refractivity (Wildman–Crippen MR) is 103 cm³/mol. The standard InChI is InChI=1S/C19H17BrN4O/c1-12-6-5-9-16(13(12)2)23-18(25)14-10-21-19(22-11-14)24-17-8-4-3-7-15(17)20/h3-11H,1-2H3,(H,23,25)(H,21,22,24). The van der Waals surface area contributed by atoms with Gasteiger partial charge in [-0.1, -0.05) is 24.3 Å². The number of amides is 1. The molecule has 6 heteroatoms. The van der Waals surface area contributed by atoms with Crippen molar-refractivity contribution in [1.29, 1.82) is 0 Å². The Balaban J connectivity index is 1.72. The van der Waals surface area contributed by atoms with Gasteiger partial charge in [-0.25, -0.2) is 9.97 Å². The number of carbonyl (C=O) groups excluding carboxylic acids is 1. The van der Waals surface area contributed by atoms with Gasteiger partial charge in [0, 0.05) is 22.6 Å². The van der Waals surface area contributed by atoms with Crippen LogP contribution in [0.15, 0.2) is 59.3 Å². The van der Waals surface area contributed by atoms with Crippen molar-refractivity contribution >= 4 is 39.2 Å². The van der Waals surface area contributed by atoms with Gasteiger partial charge in [-0.3, -0.25) is 4.79 Å². The average molecular weight is 397 g/mol. The summed E-state index contributed by atoms with van der Waals surface area (Å²) in [4.78, 5) is 20.8. The van der Waals surface area contributed by atoms with Gasteiger partial charge in [-0.05, 0) is 59.1 Å². The number of para-hydroxylation sites is 1. The molecular weight excluding hydrogens is 380 g/mol. The fourth-order valence-corrected chi connectivity index (χ4v) is 2.66. The molecule has 0 spiro atoms. The van der Waals surface area contributed by atoms with Crippen molar-refractivity contribution in [3.05, 3.63) is 76.0 Å². The van der Waals surface area contributed by atoms with Crippen LogP contribution in [0.2, 0.25) is 0 Å². The van der Waals surface area contributed by atoms with E-state index in [9.17, 15) is 4.79 Å². The maximum atomic E-state index is 12.4. The van der Waals surface area contributed by atoms with Crippen LogP contribution in [0.1, 0.15) is 21.5 Å². The second-order valence-electron chi connectivity index (χ2n) is 5.60. The van der Waals surface area contributed by atoms with Crippen LogP contribution in [0.5, 0.6) is 0 Å². The second kappa shape index (κ2) is 7.44. The lowest BCUT2D eigenvalue weighted by Crippen LogP contribution is -2.14. The number of aryl methyl sites for hydroxylation is 1. The Morgan fingerprint density at radius 2 is 1.64 bits per heavy atom. The molecule has 25 heavy (non-hydrogen) atoms. The summed E-state index contributed by atoms with van der Waals surface area (Å²) >= 11 is 3.46. The Morgan fingerprint density at radius 1 is 0.960 bits per heavy atom. The van der Waals surface area contributed by atoms with Crippen molar-refractivity contribution < 1.29 is 4.79 Å². The van der Waals surface area contributed by atoms with Crippen molar-refractivity contribution in [3.63, 3.8) is 0 Å². The number of nitrogens with zero attached hydrogens (tertiary/aromatic N) is 2. The Hall–Kier alpha value is -2.73. The molecule has 3 rings (SSSR count). The Labute approximate surface area is 154 Å². The van der Waals surface area contributed by atoms with Crippen molar-refractivity contribution in [1.82, 2.24) is 9.97 Å². The third kappa shape index (κ3) is 4.03. The molecule has 0 aliphatic carbocycles. The van der Waals surface area contributed by atoms with E-state index in [0.717, 1.165) is 27.0 Å². The lowest BCUT2D eigenvalue weighted by atomic mass is 10.1. The lowest BCUT2D eigenvalue weighted by Gasteiger charge is -2.10. The van der Waals surface area contributed by atoms with Crippen LogP contribution in [-0.4, -0.2) is 15.9 Å². The molecule has 0 aliphatic rings. The maximum Gasteiger partial charge on any atom is 0.258 e. The Morgan fingerprint density at radius 3 is 2.36 bits per heavy atom. The Bertz CT molecular complexity index is 910. The van der Waals surface area contributed by atoms with E-state index in [0.29, 0.717) is 11.5 Å². The SMILES string of the molecule is Cc1cccc(NC(=O)c2cnc(Nc3ccccc3Br)nc2)c1C. The van der Waals surface area contributed by atoms with Gasteiger partial charge in [0.1, 0.15) is 0 Å². The number of aromatic nitrogens is 2. The zero-order chi connectivity index (χ0) is 17.8. The molecule has 0 unspecified atom stereocenters. The summed E-state index contributed by atoms with van der Waals surface area (Å²) in [6.45, 7) is 3.99. The number of anilines is 3. The van der Waals surface area contributed by atoms with E-state index in [4.69, 9.17) is 0 Å². The molecule has 0 saturated heterocycles. The fraction of sp³-hybridized carbons (Fsp3) is 0.105. The van der Waals surface area contributed by atoms with Crippen LogP contribution in [0, 0.1) is 13.8 Å². The quantitative estimate of drug-likeness (QED) is 0.661. The zero-order valence-corrected chi connectivity index (χ0v) is 15.5. The molecule has 3 aromatic rings. The third-order valence-corrected chi connectivity index (χ3v) is 4.58. The van der Waals surface area contributed by atoms with Crippen LogP contribution in [0.3, 0.4) is 0 Å². The number of hydrogen-bond donors (Lipinski definition) is 2. The molecule has 2 N–H and O–H groups in total.